The molecule has 0 fully saturated rings. The summed E-state index contributed by atoms with van der Waals surface area (Å²) in [6.45, 7) is 0. The summed E-state index contributed by atoms with van der Waals surface area (Å²) < 4.78 is 0.779. The molecule has 1 aromatic rings. The summed E-state index contributed by atoms with van der Waals surface area (Å²) in [6.07, 6.45) is 1.82. The van der Waals surface area contributed by atoms with Crippen LogP contribution < -0.4 is 4.48 Å². The van der Waals surface area contributed by atoms with Gasteiger partial charge >= 0.3 is 0 Å². The zero-order valence-electron chi connectivity index (χ0n) is 7.20. The van der Waals surface area contributed by atoms with Crippen molar-refractivity contribution in [2.45, 2.75) is 0 Å². The maximum Gasteiger partial charge on any atom is 0.226 e. The summed E-state index contributed by atoms with van der Waals surface area (Å²) in [7, 11) is 6.30. The number of hydrogen-bond acceptors (Lipinski definition) is 1. The minimum Gasteiger partial charge on any atom is -0.282 e. The molecule has 11 heavy (non-hydrogen) atoms. The van der Waals surface area contributed by atoms with Crippen LogP contribution in [0.15, 0.2) is 24.4 Å². The number of aromatic nitrogens is 1. The normalized spacial score (nSPS) is 10.5. The van der Waals surface area contributed by atoms with Gasteiger partial charge in [-0.2, -0.15) is 0 Å². The number of hydrogen-bond donors (Lipinski definition) is 0. The third-order valence-electron chi connectivity index (χ3n) is 1.34. The Morgan fingerprint density at radius 1 is 1.18 bits per heavy atom. The van der Waals surface area contributed by atoms with E-state index < -0.39 is 0 Å². The van der Waals surface area contributed by atoms with Crippen LogP contribution in [0, 0.1) is 0 Å². The quantitative estimate of drug-likeness (QED) is 0.537. The second kappa shape index (κ2) is 4.07. The predicted octanol–water partition coefficient (Wildman–Crippen LogP) is 0.897. The molecule has 1 aromatic heterocycles. The summed E-state index contributed by atoms with van der Waals surface area (Å²) in [5, 5.41) is 0. The van der Waals surface area contributed by atoms with Gasteiger partial charge in [0.2, 0.25) is 5.82 Å². The van der Waals surface area contributed by atoms with Gasteiger partial charge in [0.15, 0.2) is 0 Å². The van der Waals surface area contributed by atoms with Crippen LogP contribution in [-0.4, -0.2) is 50.0 Å². The molecule has 0 aliphatic heterocycles. The summed E-state index contributed by atoms with van der Waals surface area (Å²) >= 11 is 0. The summed E-state index contributed by atoms with van der Waals surface area (Å²) in [4.78, 5) is 4.22. The van der Waals surface area contributed by atoms with E-state index in [1.165, 1.54) is 0 Å². The van der Waals surface area contributed by atoms with Crippen molar-refractivity contribution in [3.8, 4) is 0 Å². The molecule has 0 aromatic carbocycles. The molecule has 0 bridgehead atoms. The van der Waals surface area contributed by atoms with Gasteiger partial charge in [0, 0.05) is 36.2 Å². The third kappa shape index (κ3) is 3.20. The Kier molecular flexibility index (Phi) is 4.03. The van der Waals surface area contributed by atoms with Gasteiger partial charge in [-0.25, -0.2) is 4.98 Å². The van der Waals surface area contributed by atoms with E-state index >= 15 is 0 Å². The van der Waals surface area contributed by atoms with E-state index in [1.54, 1.807) is 0 Å². The van der Waals surface area contributed by atoms with E-state index in [0.29, 0.717) is 0 Å². The third-order valence-corrected chi connectivity index (χ3v) is 1.34. The molecule has 0 N–H and O–H groups in total. The van der Waals surface area contributed by atoms with Gasteiger partial charge in [0.25, 0.3) is 0 Å². The van der Waals surface area contributed by atoms with Crippen LogP contribution in [0.3, 0.4) is 0 Å². The summed E-state index contributed by atoms with van der Waals surface area (Å²) in [5.74, 6) is 1.09. The first kappa shape index (κ1) is 10.9. The second-order valence-corrected chi connectivity index (χ2v) is 3.20. The van der Waals surface area contributed by atoms with Gasteiger partial charge in [-0.3, -0.25) is 4.48 Å². The molecule has 0 saturated heterocycles. The smallest absolute Gasteiger partial charge is 0.226 e. The summed E-state index contributed by atoms with van der Waals surface area (Å²) in [6, 6.07) is 5.96. The van der Waals surface area contributed by atoms with E-state index in [1.807, 2.05) is 24.4 Å². The number of rotatable bonds is 1. The van der Waals surface area contributed by atoms with Gasteiger partial charge in [-0.1, -0.05) is 6.07 Å². The molecule has 1 rings (SSSR count). The Morgan fingerprint density at radius 3 is 2.09 bits per heavy atom. The Bertz CT molecular complexity index is 203. The molecule has 0 atom stereocenters. The minimum atomic E-state index is 0. The first-order valence-electron chi connectivity index (χ1n) is 3.34. The van der Waals surface area contributed by atoms with Gasteiger partial charge in [0.05, 0.1) is 21.1 Å². The van der Waals surface area contributed by atoms with Crippen molar-refractivity contribution < 1.29 is 0 Å². The minimum absolute atomic E-state index is 0. The summed E-state index contributed by atoms with van der Waals surface area (Å²) in [5.41, 5.74) is 0. The molecule has 0 unspecified atom stereocenters. The van der Waals surface area contributed by atoms with Crippen molar-refractivity contribution >= 4 is 29.7 Å². The van der Waals surface area contributed by atoms with Crippen molar-refractivity contribution in [1.82, 2.24) is 9.47 Å². The maximum atomic E-state index is 4.22. The molecule has 0 aliphatic carbocycles. The van der Waals surface area contributed by atoms with Crippen molar-refractivity contribution in [3.05, 3.63) is 24.4 Å². The average Bonchev–Trinajstić information content (AvgIpc) is 1.88. The van der Waals surface area contributed by atoms with Crippen molar-refractivity contribution in [3.63, 3.8) is 0 Å². The largest absolute Gasteiger partial charge is 0.282 e. The van der Waals surface area contributed by atoms with E-state index in [2.05, 4.69) is 26.1 Å². The maximum absolute atomic E-state index is 4.22. The van der Waals surface area contributed by atoms with Crippen molar-refractivity contribution in [2.75, 3.05) is 21.1 Å². The monoisotopic (exact) mass is 257 g/mol. The second-order valence-electron chi connectivity index (χ2n) is 3.20. The Balaban J connectivity index is 0.000001000. The molecule has 4 radical (unpaired) electrons. The topological polar surface area (TPSA) is 12.9 Å². The predicted molar refractivity (Wildman–Crippen MR) is 49.6 cm³/mol. The van der Waals surface area contributed by atoms with Crippen LogP contribution in [0.5, 0.6) is 0 Å². The molecule has 0 saturated carbocycles. The molecule has 0 amide bonds. The fraction of sp³-hybridized carbons (Fsp3) is 0.375. The number of nitrogens with zero attached hydrogens (tertiary/aromatic N) is 2. The zero-order valence-corrected chi connectivity index (χ0v) is 10.1. The van der Waals surface area contributed by atoms with Gasteiger partial charge in [-0.15, -0.1) is 0 Å². The van der Waals surface area contributed by atoms with Gasteiger partial charge < -0.3 is 0 Å². The van der Waals surface area contributed by atoms with Crippen LogP contribution in [0.4, 0.5) is 5.82 Å². The van der Waals surface area contributed by atoms with Crippen LogP contribution in [0.2, 0.25) is 0 Å². The molecule has 58 valence electrons. The molecule has 1 heterocycles. The van der Waals surface area contributed by atoms with Gasteiger partial charge in [0.1, 0.15) is 0 Å². The molecule has 3 heteroatoms. The Morgan fingerprint density at radius 2 is 1.82 bits per heavy atom. The molecule has 0 spiro atoms. The Labute approximate surface area is 84.8 Å². The molecule has 0 aliphatic rings. The number of pyridine rings is 1. The fourth-order valence-electron chi connectivity index (χ4n) is 0.751. The SMILES string of the molecule is C[N+](C)(C)c1ccccn1.[Sn]. The standard InChI is InChI=1S/C8H13N2.Sn/c1-10(2,3)8-6-4-5-7-9-8;/h4-7H,1-3H3;/q+1;. The first-order valence-corrected chi connectivity index (χ1v) is 3.34. The van der Waals surface area contributed by atoms with Crippen LogP contribution in [0.25, 0.3) is 0 Å². The van der Waals surface area contributed by atoms with Gasteiger partial charge in [-0.05, 0) is 6.07 Å². The van der Waals surface area contributed by atoms with Crippen molar-refractivity contribution in [2.24, 2.45) is 0 Å². The first-order chi connectivity index (χ1) is 4.61. The Hall–Kier alpha value is -0.0913. The fourth-order valence-corrected chi connectivity index (χ4v) is 0.751. The molecular formula is C8H13N2Sn+. The molecular weight excluding hydrogens is 243 g/mol. The van der Waals surface area contributed by atoms with E-state index in [9.17, 15) is 0 Å². The van der Waals surface area contributed by atoms with Crippen LogP contribution >= 0.6 is 0 Å². The van der Waals surface area contributed by atoms with Crippen LogP contribution in [0.1, 0.15) is 0 Å². The van der Waals surface area contributed by atoms with E-state index in [4.69, 9.17) is 0 Å². The van der Waals surface area contributed by atoms with Crippen molar-refractivity contribution in [1.29, 1.82) is 0 Å². The van der Waals surface area contributed by atoms with Crippen LogP contribution in [-0.2, 0) is 0 Å². The molecule has 2 nitrogen and oxygen atoms in total. The van der Waals surface area contributed by atoms with E-state index in [-0.39, 0.29) is 23.9 Å². The number of quaternary nitrogens is 1. The average molecular weight is 256 g/mol. The van der Waals surface area contributed by atoms with E-state index in [0.717, 1.165) is 10.3 Å². The zero-order chi connectivity index (χ0) is 7.61.